The van der Waals surface area contributed by atoms with Crippen molar-refractivity contribution in [3.05, 3.63) is 40.0 Å². The van der Waals surface area contributed by atoms with Crippen LogP contribution in [0, 0.1) is 6.92 Å². The Hall–Kier alpha value is -1.46. The van der Waals surface area contributed by atoms with Crippen LogP contribution < -0.4 is 10.6 Å². The van der Waals surface area contributed by atoms with Crippen LogP contribution in [-0.4, -0.2) is 30.5 Å². The van der Waals surface area contributed by atoms with Gasteiger partial charge >= 0.3 is 0 Å². The van der Waals surface area contributed by atoms with Crippen LogP contribution in [-0.2, 0) is 0 Å². The Balaban J connectivity index is 2.15. The molecule has 2 aromatic rings. The molecule has 0 bridgehead atoms. The lowest BCUT2D eigenvalue weighted by molar-refractivity contribution is 0.0955. The first-order valence-corrected chi connectivity index (χ1v) is 7.97. The minimum atomic E-state index is -0.0499. The average Bonchev–Trinajstić information content (AvgIpc) is 2.45. The number of rotatable bonds is 6. The zero-order chi connectivity index (χ0) is 15.2. The molecule has 0 saturated carbocycles. The van der Waals surface area contributed by atoms with E-state index in [-0.39, 0.29) is 5.91 Å². The third kappa shape index (κ3) is 4.25. The highest BCUT2D eigenvalue weighted by atomic mass is 79.9. The number of hydrogen-bond donors (Lipinski definition) is 2. The summed E-state index contributed by atoms with van der Waals surface area (Å²) >= 11 is 3.44. The maximum absolute atomic E-state index is 12.4. The summed E-state index contributed by atoms with van der Waals surface area (Å²) in [4.78, 5) is 16.8. The molecule has 112 valence electrons. The molecule has 0 radical (unpaired) electrons. The fraction of sp³-hybridized carbons (Fsp3) is 0.375. The van der Waals surface area contributed by atoms with Crippen molar-refractivity contribution in [3.63, 3.8) is 0 Å². The Labute approximate surface area is 133 Å². The van der Waals surface area contributed by atoms with Crippen molar-refractivity contribution < 1.29 is 4.79 Å². The molecule has 1 amide bonds. The van der Waals surface area contributed by atoms with Crippen LogP contribution in [0.3, 0.4) is 0 Å². The minimum absolute atomic E-state index is 0.0499. The summed E-state index contributed by atoms with van der Waals surface area (Å²) < 4.78 is 0.961. The molecule has 0 unspecified atom stereocenters. The van der Waals surface area contributed by atoms with Gasteiger partial charge in [-0.25, -0.2) is 0 Å². The number of nitrogens with zero attached hydrogens (tertiary/aromatic N) is 1. The van der Waals surface area contributed by atoms with Gasteiger partial charge in [-0.2, -0.15) is 0 Å². The van der Waals surface area contributed by atoms with Crippen molar-refractivity contribution in [2.24, 2.45) is 0 Å². The molecular formula is C16H20BrN3O. The van der Waals surface area contributed by atoms with E-state index in [0.717, 1.165) is 40.6 Å². The molecule has 0 saturated heterocycles. The third-order valence-corrected chi connectivity index (χ3v) is 3.65. The summed E-state index contributed by atoms with van der Waals surface area (Å²) in [7, 11) is 0. The second-order valence-corrected chi connectivity index (χ2v) is 5.89. The zero-order valence-electron chi connectivity index (χ0n) is 12.4. The topological polar surface area (TPSA) is 54.0 Å². The normalized spacial score (nSPS) is 10.8. The Morgan fingerprint density at radius 1 is 1.24 bits per heavy atom. The molecule has 0 aliphatic heterocycles. The molecule has 0 aliphatic rings. The van der Waals surface area contributed by atoms with Crippen LogP contribution in [0.15, 0.2) is 28.7 Å². The Bertz CT molecular complexity index is 637. The molecule has 1 aromatic heterocycles. The van der Waals surface area contributed by atoms with Gasteiger partial charge in [0.25, 0.3) is 5.91 Å². The Morgan fingerprint density at radius 2 is 2.05 bits per heavy atom. The minimum Gasteiger partial charge on any atom is -0.351 e. The molecule has 21 heavy (non-hydrogen) atoms. The van der Waals surface area contributed by atoms with Gasteiger partial charge in [-0.15, -0.1) is 0 Å². The number of carbonyl (C=O) groups is 1. The summed E-state index contributed by atoms with van der Waals surface area (Å²) in [6.45, 7) is 6.40. The number of aromatic nitrogens is 1. The first-order valence-electron chi connectivity index (χ1n) is 7.17. The number of nitrogens with one attached hydrogen (secondary N) is 2. The highest BCUT2D eigenvalue weighted by Crippen LogP contribution is 2.22. The number of aryl methyl sites for hydroxylation is 1. The average molecular weight is 350 g/mol. The number of pyridine rings is 1. The smallest absolute Gasteiger partial charge is 0.252 e. The standard InChI is InChI=1S/C16H20BrN3O/c1-3-6-18-7-8-19-16(21)14-9-11(2)20-15-10-12(17)4-5-13(14)15/h4-5,9-10,18H,3,6-8H2,1-2H3,(H,19,21). The van der Waals surface area contributed by atoms with Gasteiger partial charge in [0.2, 0.25) is 0 Å². The number of carbonyl (C=O) groups excluding carboxylic acids is 1. The first kappa shape index (κ1) is 15.9. The third-order valence-electron chi connectivity index (χ3n) is 3.16. The number of amides is 1. The van der Waals surface area contributed by atoms with Gasteiger partial charge in [0, 0.05) is 28.6 Å². The molecule has 1 heterocycles. The van der Waals surface area contributed by atoms with Crippen molar-refractivity contribution in [1.82, 2.24) is 15.6 Å². The van der Waals surface area contributed by atoms with Crippen LogP contribution in [0.25, 0.3) is 10.9 Å². The second-order valence-electron chi connectivity index (χ2n) is 4.98. The van der Waals surface area contributed by atoms with Crippen LogP contribution in [0.5, 0.6) is 0 Å². The van der Waals surface area contributed by atoms with Crippen molar-refractivity contribution >= 4 is 32.7 Å². The van der Waals surface area contributed by atoms with E-state index in [4.69, 9.17) is 0 Å². The summed E-state index contributed by atoms with van der Waals surface area (Å²) in [5, 5.41) is 7.09. The van der Waals surface area contributed by atoms with Gasteiger partial charge in [-0.1, -0.05) is 28.9 Å². The second kappa shape index (κ2) is 7.52. The summed E-state index contributed by atoms with van der Waals surface area (Å²) in [5.74, 6) is -0.0499. The zero-order valence-corrected chi connectivity index (χ0v) is 14.0. The van der Waals surface area contributed by atoms with E-state index in [1.165, 1.54) is 0 Å². The Morgan fingerprint density at radius 3 is 2.81 bits per heavy atom. The lowest BCUT2D eigenvalue weighted by Gasteiger charge is -2.10. The van der Waals surface area contributed by atoms with E-state index in [1.54, 1.807) is 0 Å². The molecule has 0 aliphatic carbocycles. The number of fused-ring (bicyclic) bond motifs is 1. The van der Waals surface area contributed by atoms with Crippen molar-refractivity contribution in [2.45, 2.75) is 20.3 Å². The van der Waals surface area contributed by atoms with Crippen LogP contribution in [0.1, 0.15) is 29.4 Å². The van der Waals surface area contributed by atoms with Gasteiger partial charge in [0.05, 0.1) is 11.1 Å². The monoisotopic (exact) mass is 349 g/mol. The van der Waals surface area contributed by atoms with E-state index in [2.05, 4.69) is 38.5 Å². The summed E-state index contributed by atoms with van der Waals surface area (Å²) in [6.07, 6.45) is 1.09. The lowest BCUT2D eigenvalue weighted by atomic mass is 10.1. The van der Waals surface area contributed by atoms with Gasteiger partial charge in [-0.3, -0.25) is 9.78 Å². The Kier molecular flexibility index (Phi) is 5.70. The maximum atomic E-state index is 12.4. The van der Waals surface area contributed by atoms with E-state index in [9.17, 15) is 4.79 Å². The van der Waals surface area contributed by atoms with E-state index in [1.807, 2.05) is 31.2 Å². The van der Waals surface area contributed by atoms with Crippen LogP contribution in [0.2, 0.25) is 0 Å². The fourth-order valence-electron chi connectivity index (χ4n) is 2.18. The molecule has 2 N–H and O–H groups in total. The van der Waals surface area contributed by atoms with Crippen LogP contribution in [0.4, 0.5) is 0 Å². The molecule has 0 spiro atoms. The lowest BCUT2D eigenvalue weighted by Crippen LogP contribution is -2.32. The van der Waals surface area contributed by atoms with Crippen molar-refractivity contribution in [3.8, 4) is 0 Å². The molecule has 0 fully saturated rings. The molecule has 0 atom stereocenters. The van der Waals surface area contributed by atoms with Gasteiger partial charge in [0.15, 0.2) is 0 Å². The molecular weight excluding hydrogens is 330 g/mol. The predicted molar refractivity (Wildman–Crippen MR) is 89.7 cm³/mol. The fourth-order valence-corrected chi connectivity index (χ4v) is 2.53. The molecule has 5 heteroatoms. The highest BCUT2D eigenvalue weighted by molar-refractivity contribution is 9.10. The summed E-state index contributed by atoms with van der Waals surface area (Å²) in [5.41, 5.74) is 2.36. The molecule has 2 rings (SSSR count). The molecule has 4 nitrogen and oxygen atoms in total. The van der Waals surface area contributed by atoms with Crippen molar-refractivity contribution in [1.29, 1.82) is 0 Å². The van der Waals surface area contributed by atoms with E-state index >= 15 is 0 Å². The largest absolute Gasteiger partial charge is 0.351 e. The SMILES string of the molecule is CCCNCCNC(=O)c1cc(C)nc2cc(Br)ccc12. The summed E-state index contributed by atoms with van der Waals surface area (Å²) in [6, 6.07) is 7.63. The van der Waals surface area contributed by atoms with E-state index < -0.39 is 0 Å². The predicted octanol–water partition coefficient (Wildman–Crippen LogP) is 3.04. The van der Waals surface area contributed by atoms with Gasteiger partial charge < -0.3 is 10.6 Å². The number of hydrogen-bond acceptors (Lipinski definition) is 3. The molecule has 1 aromatic carbocycles. The van der Waals surface area contributed by atoms with Crippen molar-refractivity contribution in [2.75, 3.05) is 19.6 Å². The van der Waals surface area contributed by atoms with E-state index in [0.29, 0.717) is 12.1 Å². The number of halogens is 1. The highest BCUT2D eigenvalue weighted by Gasteiger charge is 2.11. The van der Waals surface area contributed by atoms with Gasteiger partial charge in [0.1, 0.15) is 0 Å². The quantitative estimate of drug-likeness (QED) is 0.788. The first-order chi connectivity index (χ1) is 10.1. The number of benzene rings is 1. The van der Waals surface area contributed by atoms with Crippen LogP contribution >= 0.6 is 15.9 Å². The maximum Gasteiger partial charge on any atom is 0.252 e. The van der Waals surface area contributed by atoms with Gasteiger partial charge in [-0.05, 0) is 38.1 Å².